The van der Waals surface area contributed by atoms with Crippen LogP contribution in [0.4, 0.5) is 4.39 Å². The zero-order valence-corrected chi connectivity index (χ0v) is 18.5. The highest BCUT2D eigenvalue weighted by Crippen LogP contribution is 2.30. The van der Waals surface area contributed by atoms with Gasteiger partial charge in [-0.15, -0.1) is 0 Å². The van der Waals surface area contributed by atoms with Crippen molar-refractivity contribution in [3.63, 3.8) is 0 Å². The summed E-state index contributed by atoms with van der Waals surface area (Å²) in [6, 6.07) is 7.16. The molecule has 0 unspecified atom stereocenters. The van der Waals surface area contributed by atoms with E-state index in [1.54, 1.807) is 19.2 Å². The maximum absolute atomic E-state index is 13.9. The Morgan fingerprint density at radius 1 is 1.14 bits per heavy atom. The van der Waals surface area contributed by atoms with Crippen LogP contribution in [0.15, 0.2) is 24.3 Å². The molecule has 164 valence electrons. The molecule has 2 heterocycles. The standard InChI is InChI=1S/C24H39FN2O2/c1-24(2)16-21(10-14-29-24)18-27(13-15-28-3)17-20-8-11-26(12-9-20)19-22-6-4-5-7-23(22)25/h4-7,20-21H,8-19H2,1-3H3/t21-/m0/s1. The lowest BCUT2D eigenvalue weighted by Gasteiger charge is -2.39. The SMILES string of the molecule is COCCN(CC1CCN(Cc2ccccc2F)CC1)C[C@H]1CCOC(C)(C)C1. The fourth-order valence-corrected chi connectivity index (χ4v) is 4.92. The average molecular weight is 407 g/mol. The van der Waals surface area contributed by atoms with E-state index in [9.17, 15) is 4.39 Å². The predicted octanol–water partition coefficient (Wildman–Crippen LogP) is 4.19. The summed E-state index contributed by atoms with van der Waals surface area (Å²) in [6.45, 7) is 12.2. The lowest BCUT2D eigenvalue weighted by Crippen LogP contribution is -2.43. The molecule has 0 aliphatic carbocycles. The average Bonchev–Trinajstić information content (AvgIpc) is 2.68. The summed E-state index contributed by atoms with van der Waals surface area (Å²) in [4.78, 5) is 5.02. The van der Waals surface area contributed by atoms with Gasteiger partial charge in [-0.05, 0) is 70.5 Å². The fourth-order valence-electron chi connectivity index (χ4n) is 4.92. The van der Waals surface area contributed by atoms with Crippen molar-refractivity contribution in [2.45, 2.75) is 51.7 Å². The maximum atomic E-state index is 13.9. The zero-order chi connectivity index (χ0) is 20.7. The topological polar surface area (TPSA) is 24.9 Å². The van der Waals surface area contributed by atoms with Gasteiger partial charge in [0.05, 0.1) is 12.2 Å². The van der Waals surface area contributed by atoms with Gasteiger partial charge in [-0.25, -0.2) is 4.39 Å². The van der Waals surface area contributed by atoms with Crippen LogP contribution in [0.2, 0.25) is 0 Å². The highest BCUT2D eigenvalue weighted by molar-refractivity contribution is 5.17. The van der Waals surface area contributed by atoms with Crippen molar-refractivity contribution in [2.75, 3.05) is 53.0 Å². The van der Waals surface area contributed by atoms with Gasteiger partial charge in [-0.3, -0.25) is 4.90 Å². The van der Waals surface area contributed by atoms with Gasteiger partial charge in [-0.1, -0.05) is 18.2 Å². The number of methoxy groups -OCH3 is 1. The molecule has 2 aliphatic rings. The number of piperidine rings is 1. The van der Waals surface area contributed by atoms with Gasteiger partial charge in [0.1, 0.15) is 5.82 Å². The molecule has 0 radical (unpaired) electrons. The molecule has 29 heavy (non-hydrogen) atoms. The third-order valence-electron chi connectivity index (χ3n) is 6.50. The van der Waals surface area contributed by atoms with Gasteiger partial charge >= 0.3 is 0 Å². The van der Waals surface area contributed by atoms with Gasteiger partial charge in [0.15, 0.2) is 0 Å². The number of ether oxygens (including phenoxy) is 2. The van der Waals surface area contributed by atoms with Crippen LogP contribution in [-0.4, -0.2) is 68.4 Å². The van der Waals surface area contributed by atoms with Crippen molar-refractivity contribution in [1.82, 2.24) is 9.80 Å². The Balaban J connectivity index is 1.47. The number of rotatable bonds is 9. The van der Waals surface area contributed by atoms with Crippen molar-refractivity contribution in [3.8, 4) is 0 Å². The van der Waals surface area contributed by atoms with Crippen LogP contribution in [0.3, 0.4) is 0 Å². The van der Waals surface area contributed by atoms with Gasteiger partial charge in [0.2, 0.25) is 0 Å². The molecular weight excluding hydrogens is 367 g/mol. The number of likely N-dealkylation sites (tertiary alicyclic amines) is 1. The lowest BCUT2D eigenvalue weighted by molar-refractivity contribution is -0.0779. The Morgan fingerprint density at radius 2 is 1.86 bits per heavy atom. The van der Waals surface area contributed by atoms with Gasteiger partial charge in [0, 0.05) is 45.5 Å². The van der Waals surface area contributed by atoms with Crippen LogP contribution < -0.4 is 0 Å². The van der Waals surface area contributed by atoms with E-state index in [1.807, 2.05) is 12.1 Å². The van der Waals surface area contributed by atoms with Crippen LogP contribution >= 0.6 is 0 Å². The summed E-state index contributed by atoms with van der Waals surface area (Å²) >= 11 is 0. The minimum Gasteiger partial charge on any atom is -0.383 e. The fraction of sp³-hybridized carbons (Fsp3) is 0.750. The third-order valence-corrected chi connectivity index (χ3v) is 6.50. The first-order chi connectivity index (χ1) is 13.9. The summed E-state index contributed by atoms with van der Waals surface area (Å²) in [5.41, 5.74) is 0.822. The lowest BCUT2D eigenvalue weighted by atomic mass is 9.87. The van der Waals surface area contributed by atoms with E-state index < -0.39 is 0 Å². The van der Waals surface area contributed by atoms with Crippen molar-refractivity contribution in [1.29, 1.82) is 0 Å². The molecule has 0 aromatic heterocycles. The van der Waals surface area contributed by atoms with Crippen LogP contribution in [0.25, 0.3) is 0 Å². The highest BCUT2D eigenvalue weighted by atomic mass is 19.1. The van der Waals surface area contributed by atoms with Crippen molar-refractivity contribution in [2.24, 2.45) is 11.8 Å². The van der Waals surface area contributed by atoms with Crippen LogP contribution in [0.5, 0.6) is 0 Å². The van der Waals surface area contributed by atoms with Crippen molar-refractivity contribution < 1.29 is 13.9 Å². The van der Waals surface area contributed by atoms with Crippen LogP contribution in [0, 0.1) is 17.7 Å². The van der Waals surface area contributed by atoms with Gasteiger partial charge < -0.3 is 14.4 Å². The Bertz CT molecular complexity index is 617. The number of hydrogen-bond donors (Lipinski definition) is 0. The number of nitrogens with zero attached hydrogens (tertiary/aromatic N) is 2. The third kappa shape index (κ3) is 7.32. The van der Waals surface area contributed by atoms with E-state index in [2.05, 4.69) is 23.6 Å². The molecule has 0 saturated carbocycles. The first-order valence-corrected chi connectivity index (χ1v) is 11.3. The first-order valence-electron chi connectivity index (χ1n) is 11.3. The van der Waals surface area contributed by atoms with E-state index in [0.717, 1.165) is 76.8 Å². The molecule has 5 heteroatoms. The minimum absolute atomic E-state index is 0.00783. The molecule has 4 nitrogen and oxygen atoms in total. The van der Waals surface area contributed by atoms with E-state index in [1.165, 1.54) is 12.8 Å². The van der Waals surface area contributed by atoms with Gasteiger partial charge in [0.25, 0.3) is 0 Å². The molecule has 1 atom stereocenters. The summed E-state index contributed by atoms with van der Waals surface area (Å²) in [5.74, 6) is 1.34. The van der Waals surface area contributed by atoms with E-state index in [0.29, 0.717) is 5.92 Å². The van der Waals surface area contributed by atoms with Crippen LogP contribution in [-0.2, 0) is 16.0 Å². The maximum Gasteiger partial charge on any atom is 0.127 e. The first kappa shape index (κ1) is 22.7. The smallest absolute Gasteiger partial charge is 0.127 e. The highest BCUT2D eigenvalue weighted by Gasteiger charge is 2.30. The second-order valence-electron chi connectivity index (χ2n) is 9.53. The van der Waals surface area contributed by atoms with E-state index >= 15 is 0 Å². The molecule has 2 fully saturated rings. The normalized spacial score (nSPS) is 23.6. The monoisotopic (exact) mass is 406 g/mol. The summed E-state index contributed by atoms with van der Waals surface area (Å²) in [6.07, 6.45) is 4.68. The van der Waals surface area contributed by atoms with Gasteiger partial charge in [-0.2, -0.15) is 0 Å². The number of hydrogen-bond acceptors (Lipinski definition) is 4. The number of halogens is 1. The second kappa shape index (κ2) is 10.9. The second-order valence-corrected chi connectivity index (χ2v) is 9.53. The summed E-state index contributed by atoms with van der Waals surface area (Å²) in [7, 11) is 1.79. The molecule has 0 spiro atoms. The number of benzene rings is 1. The Labute approximate surface area is 176 Å². The Morgan fingerprint density at radius 3 is 2.55 bits per heavy atom. The molecule has 0 bridgehead atoms. The predicted molar refractivity (Wildman–Crippen MR) is 115 cm³/mol. The molecule has 1 aromatic carbocycles. The minimum atomic E-state index is -0.0836. The summed E-state index contributed by atoms with van der Waals surface area (Å²) < 4.78 is 25.2. The van der Waals surface area contributed by atoms with Crippen molar-refractivity contribution >= 4 is 0 Å². The largest absolute Gasteiger partial charge is 0.383 e. The van der Waals surface area contributed by atoms with Crippen molar-refractivity contribution in [3.05, 3.63) is 35.6 Å². The zero-order valence-electron chi connectivity index (χ0n) is 18.5. The van der Waals surface area contributed by atoms with Crippen LogP contribution in [0.1, 0.15) is 45.1 Å². The molecule has 0 amide bonds. The molecule has 1 aromatic rings. The molecule has 2 aliphatic heterocycles. The summed E-state index contributed by atoms with van der Waals surface area (Å²) in [5, 5.41) is 0. The molecule has 0 N–H and O–H groups in total. The molecule has 2 saturated heterocycles. The quantitative estimate of drug-likeness (QED) is 0.614. The van der Waals surface area contributed by atoms with E-state index in [4.69, 9.17) is 9.47 Å². The van der Waals surface area contributed by atoms with E-state index in [-0.39, 0.29) is 11.4 Å². The Hall–Kier alpha value is -1.01. The Kier molecular flexibility index (Phi) is 8.48. The molecule has 3 rings (SSSR count). The molecular formula is C24H39FN2O2.